The fourth-order valence-corrected chi connectivity index (χ4v) is 7.51. The third-order valence-electron chi connectivity index (χ3n) is 8.10. The van der Waals surface area contributed by atoms with Crippen LogP contribution in [0.15, 0.2) is 27.9 Å². The standard InChI is InChI=1S/C30H35ClF5N5O2S/c1-5-39(6-2)7-8-43-18-14-41-26-20(28(38-29(41)42)40-12-16(3)37-17(4)13-40)9-21(30(34,35)36)25(27(26)44-15-18)19-10-22(31)24(33)11-23(19)32/h9-11,16-18,37H,5-8,12-15H2,1-4H3/t16-,17+,18-/m0/s1. The monoisotopic (exact) mass is 659 g/mol. The summed E-state index contributed by atoms with van der Waals surface area (Å²) in [7, 11) is 0. The highest BCUT2D eigenvalue weighted by Gasteiger charge is 2.39. The molecule has 2 aliphatic heterocycles. The zero-order chi connectivity index (χ0) is 31.9. The Balaban J connectivity index is 1.76. The zero-order valence-corrected chi connectivity index (χ0v) is 26.5. The minimum absolute atomic E-state index is 0.0111. The van der Waals surface area contributed by atoms with Crippen LogP contribution >= 0.6 is 23.4 Å². The number of rotatable bonds is 8. The maximum absolute atomic E-state index is 15.3. The number of likely N-dealkylation sites (N-methyl/N-ethyl adjacent to an activating group) is 1. The summed E-state index contributed by atoms with van der Waals surface area (Å²) in [6, 6.07) is 2.25. The van der Waals surface area contributed by atoms with Crippen LogP contribution in [0.5, 0.6) is 0 Å². The maximum Gasteiger partial charge on any atom is 0.417 e. The number of hydrogen-bond donors (Lipinski definition) is 1. The molecule has 0 radical (unpaired) electrons. The van der Waals surface area contributed by atoms with E-state index in [2.05, 4.69) is 15.2 Å². The van der Waals surface area contributed by atoms with Gasteiger partial charge in [-0.1, -0.05) is 25.4 Å². The summed E-state index contributed by atoms with van der Waals surface area (Å²) in [5, 5.41) is 2.99. The molecule has 3 heterocycles. The van der Waals surface area contributed by atoms with Gasteiger partial charge in [-0.2, -0.15) is 18.2 Å². The van der Waals surface area contributed by atoms with Crippen LogP contribution in [0, 0.1) is 11.6 Å². The van der Waals surface area contributed by atoms with Crippen LogP contribution in [0.4, 0.5) is 27.8 Å². The number of anilines is 1. The Morgan fingerprint density at radius 3 is 2.41 bits per heavy atom. The van der Waals surface area contributed by atoms with E-state index in [0.717, 1.165) is 37.0 Å². The molecular formula is C30H35ClF5N5O2S. The minimum Gasteiger partial charge on any atom is -0.374 e. The second-order valence-corrected chi connectivity index (χ2v) is 12.7. The number of benzene rings is 2. The van der Waals surface area contributed by atoms with E-state index in [9.17, 15) is 22.4 Å². The second-order valence-electron chi connectivity index (χ2n) is 11.3. The second kappa shape index (κ2) is 13.1. The molecule has 0 saturated carbocycles. The number of hydrogen-bond acceptors (Lipinski definition) is 7. The van der Waals surface area contributed by atoms with Crippen molar-refractivity contribution >= 4 is 40.1 Å². The molecule has 3 aromatic rings. The first-order valence-corrected chi connectivity index (χ1v) is 16.0. The molecule has 0 spiro atoms. The molecule has 1 saturated heterocycles. The van der Waals surface area contributed by atoms with E-state index in [4.69, 9.17) is 16.3 Å². The lowest BCUT2D eigenvalue weighted by Gasteiger charge is -2.37. The molecule has 2 aromatic carbocycles. The molecule has 1 N–H and O–H groups in total. The fourth-order valence-electron chi connectivity index (χ4n) is 6.07. The number of nitrogens with zero attached hydrogens (tertiary/aromatic N) is 4. The van der Waals surface area contributed by atoms with Crippen LogP contribution in [0.25, 0.3) is 22.0 Å². The fraction of sp³-hybridized carbons (Fsp3) is 0.533. The summed E-state index contributed by atoms with van der Waals surface area (Å²) >= 11 is 7.03. The highest BCUT2D eigenvalue weighted by atomic mass is 35.5. The molecule has 0 amide bonds. The number of nitrogens with one attached hydrogen (secondary N) is 1. The van der Waals surface area contributed by atoms with Gasteiger partial charge in [0.05, 0.1) is 35.4 Å². The number of thioether (sulfide) groups is 1. The van der Waals surface area contributed by atoms with E-state index < -0.39 is 51.3 Å². The Kier molecular flexibility index (Phi) is 9.81. The lowest BCUT2D eigenvalue weighted by Crippen LogP contribution is -2.55. The summed E-state index contributed by atoms with van der Waals surface area (Å²) in [6.45, 7) is 11.5. The van der Waals surface area contributed by atoms with E-state index in [-0.39, 0.29) is 46.0 Å². The third-order valence-corrected chi connectivity index (χ3v) is 9.61. The van der Waals surface area contributed by atoms with Crippen molar-refractivity contribution in [1.82, 2.24) is 19.8 Å². The first-order chi connectivity index (χ1) is 20.8. The Labute approximate surface area is 261 Å². The molecule has 3 atom stereocenters. The van der Waals surface area contributed by atoms with Gasteiger partial charge in [-0.25, -0.2) is 13.6 Å². The van der Waals surface area contributed by atoms with Crippen LogP contribution in [0.1, 0.15) is 33.3 Å². The quantitative estimate of drug-likeness (QED) is 0.234. The van der Waals surface area contributed by atoms with E-state index >= 15 is 4.39 Å². The lowest BCUT2D eigenvalue weighted by molar-refractivity contribution is -0.137. The molecular weight excluding hydrogens is 625 g/mol. The molecule has 14 heteroatoms. The van der Waals surface area contributed by atoms with Crippen LogP contribution in [-0.4, -0.2) is 77.7 Å². The van der Waals surface area contributed by atoms with Gasteiger partial charge in [0, 0.05) is 64.9 Å². The average Bonchev–Trinajstić information content (AvgIpc) is 3.14. The molecule has 5 rings (SSSR count). The molecule has 2 aliphatic rings. The van der Waals surface area contributed by atoms with Gasteiger partial charge in [-0.15, -0.1) is 11.8 Å². The smallest absolute Gasteiger partial charge is 0.374 e. The van der Waals surface area contributed by atoms with Gasteiger partial charge in [0.15, 0.2) is 0 Å². The largest absolute Gasteiger partial charge is 0.417 e. The van der Waals surface area contributed by atoms with Crippen LogP contribution < -0.4 is 15.9 Å². The predicted molar refractivity (Wildman–Crippen MR) is 164 cm³/mol. The molecule has 1 fully saturated rings. The molecule has 7 nitrogen and oxygen atoms in total. The van der Waals surface area contributed by atoms with Crippen molar-refractivity contribution in [3.63, 3.8) is 0 Å². The van der Waals surface area contributed by atoms with Gasteiger partial charge >= 0.3 is 11.9 Å². The summed E-state index contributed by atoms with van der Waals surface area (Å²) in [4.78, 5) is 22.1. The molecule has 0 bridgehead atoms. The number of ether oxygens (including phenoxy) is 1. The molecule has 1 aromatic heterocycles. The van der Waals surface area contributed by atoms with Gasteiger partial charge in [0.25, 0.3) is 0 Å². The third kappa shape index (κ3) is 6.57. The van der Waals surface area contributed by atoms with E-state index in [1.54, 1.807) is 0 Å². The summed E-state index contributed by atoms with van der Waals surface area (Å²) < 4.78 is 81.7. The maximum atomic E-state index is 15.3. The molecule has 0 aliphatic carbocycles. The van der Waals surface area contributed by atoms with Crippen molar-refractivity contribution in [2.75, 3.05) is 50.0 Å². The predicted octanol–water partition coefficient (Wildman–Crippen LogP) is 6.03. The highest BCUT2D eigenvalue weighted by molar-refractivity contribution is 7.99. The first kappa shape index (κ1) is 32.9. The normalized spacial score (nSPS) is 20.9. The highest BCUT2D eigenvalue weighted by Crippen LogP contribution is 2.49. The van der Waals surface area contributed by atoms with Crippen molar-refractivity contribution in [3.8, 4) is 11.1 Å². The lowest BCUT2D eigenvalue weighted by atomic mass is 9.95. The van der Waals surface area contributed by atoms with Crippen LogP contribution in [0.2, 0.25) is 5.02 Å². The van der Waals surface area contributed by atoms with Gasteiger partial charge < -0.3 is 19.9 Å². The Hall–Kier alpha value is -2.45. The summed E-state index contributed by atoms with van der Waals surface area (Å²) in [6.07, 6.45) is -5.47. The van der Waals surface area contributed by atoms with E-state index in [0.29, 0.717) is 32.3 Å². The molecule has 44 heavy (non-hydrogen) atoms. The Morgan fingerprint density at radius 1 is 1.09 bits per heavy atom. The molecule has 240 valence electrons. The number of aromatic nitrogens is 2. The van der Waals surface area contributed by atoms with Crippen molar-refractivity contribution in [3.05, 3.63) is 50.9 Å². The van der Waals surface area contributed by atoms with Crippen LogP contribution in [-0.2, 0) is 17.5 Å². The van der Waals surface area contributed by atoms with Crippen molar-refractivity contribution < 1.29 is 26.7 Å². The zero-order valence-electron chi connectivity index (χ0n) is 24.9. The summed E-state index contributed by atoms with van der Waals surface area (Å²) in [5.74, 6) is -1.96. The van der Waals surface area contributed by atoms with E-state index in [1.807, 2.05) is 32.6 Å². The average molecular weight is 660 g/mol. The number of alkyl halides is 3. The minimum atomic E-state index is -4.93. The van der Waals surface area contributed by atoms with Crippen molar-refractivity contribution in [1.29, 1.82) is 0 Å². The topological polar surface area (TPSA) is 62.6 Å². The van der Waals surface area contributed by atoms with Crippen LogP contribution in [0.3, 0.4) is 0 Å². The Morgan fingerprint density at radius 2 is 1.77 bits per heavy atom. The molecule has 0 unspecified atom stereocenters. The first-order valence-electron chi connectivity index (χ1n) is 14.6. The van der Waals surface area contributed by atoms with Gasteiger partial charge in [0.2, 0.25) is 0 Å². The van der Waals surface area contributed by atoms with Gasteiger partial charge in [-0.3, -0.25) is 4.57 Å². The Bertz CT molecular complexity index is 1590. The SMILES string of the molecule is CCN(CC)CCO[C@@H]1CSc2c(-c3cc(Cl)c(F)cc3F)c(C(F)(F)F)cc3c(N4C[C@@H](C)N[C@@H](C)C4)nc(=O)n(c23)C1. The number of piperazine rings is 1. The van der Waals surface area contributed by atoms with Crippen molar-refractivity contribution in [2.45, 2.75) is 63.5 Å². The van der Waals surface area contributed by atoms with Gasteiger partial charge in [-0.05, 0) is 39.1 Å². The summed E-state index contributed by atoms with van der Waals surface area (Å²) in [5.41, 5.74) is -2.56. The van der Waals surface area contributed by atoms with E-state index in [1.165, 1.54) is 4.57 Å². The number of halogens is 6. The van der Waals surface area contributed by atoms with Gasteiger partial charge in [0.1, 0.15) is 17.5 Å². The van der Waals surface area contributed by atoms with Crippen molar-refractivity contribution in [2.24, 2.45) is 0 Å².